The van der Waals surface area contributed by atoms with Crippen LogP contribution in [0.15, 0.2) is 55.1 Å². The molecular formula is C33H46N4O8S. The third-order valence-corrected chi connectivity index (χ3v) is 8.78. The number of carbonyl (C=O) groups is 3. The van der Waals surface area contributed by atoms with Gasteiger partial charge in [-0.1, -0.05) is 63.2 Å². The summed E-state index contributed by atoms with van der Waals surface area (Å²) in [6.45, 7) is 14.6. The molecule has 1 aliphatic carbocycles. The molecule has 2 aliphatic rings. The molecule has 4 N–H and O–H groups in total. The Morgan fingerprint density at radius 2 is 1.74 bits per heavy atom. The molecule has 1 saturated carbocycles. The quantitative estimate of drug-likeness (QED) is 0.281. The number of carbonyl (C=O) groups excluding carboxylic acids is 3. The molecule has 13 heteroatoms. The van der Waals surface area contributed by atoms with Gasteiger partial charge in [0.15, 0.2) is 0 Å². The maximum Gasteiger partial charge on any atom is 0.408 e. The van der Waals surface area contributed by atoms with Crippen LogP contribution in [-0.2, 0) is 24.3 Å². The van der Waals surface area contributed by atoms with Crippen molar-refractivity contribution >= 4 is 38.7 Å². The van der Waals surface area contributed by atoms with Gasteiger partial charge in [-0.05, 0) is 44.1 Å². The number of alkyl carbamates (subject to hydrolysis) is 1. The fraction of sp³-hybridized carbons (Fsp3) is 0.545. The first-order valence-corrected chi connectivity index (χ1v) is 17.2. The number of nitrogens with zero attached hydrogens (tertiary/aromatic N) is 1. The number of ether oxygens (including phenoxy) is 2. The molecule has 1 aliphatic heterocycles. The zero-order valence-electron chi connectivity index (χ0n) is 27.5. The fourth-order valence-electron chi connectivity index (χ4n) is 5.90. The van der Waals surface area contributed by atoms with Gasteiger partial charge in [0.25, 0.3) is 5.91 Å². The molecule has 46 heavy (non-hydrogen) atoms. The Morgan fingerprint density at radius 1 is 1.09 bits per heavy atom. The van der Waals surface area contributed by atoms with Gasteiger partial charge < -0.3 is 25.2 Å². The van der Waals surface area contributed by atoms with Crippen LogP contribution in [0.4, 0.5) is 4.79 Å². The molecule has 2 aromatic carbocycles. The number of fused-ring (bicyclic) bond motifs is 1. The van der Waals surface area contributed by atoms with E-state index >= 15 is 0 Å². The van der Waals surface area contributed by atoms with Crippen LogP contribution in [0.5, 0.6) is 5.75 Å². The summed E-state index contributed by atoms with van der Waals surface area (Å²) in [7, 11) is -3.90. The summed E-state index contributed by atoms with van der Waals surface area (Å²) in [4.78, 5) is 41.5. The lowest BCUT2D eigenvalue weighted by Crippen LogP contribution is -2.62. The number of hydrogen-bond donors (Lipinski definition) is 4. The highest BCUT2D eigenvalue weighted by atomic mass is 32.2. The van der Waals surface area contributed by atoms with Gasteiger partial charge in [0, 0.05) is 24.3 Å². The molecule has 0 aromatic heterocycles. The van der Waals surface area contributed by atoms with E-state index in [4.69, 9.17) is 9.47 Å². The second-order valence-corrected chi connectivity index (χ2v) is 16.0. The maximum atomic E-state index is 14.0. The minimum absolute atomic E-state index is 0.110. The SMILES string of the molecule is C=CC1CC1(NC(=O)C1CC(Oc2cccc3ccccc23)CN1C(O)C(NC(=O)OC(C)(C)C)C(C)(C)C)C(=O)NS(C)(=O)=O. The van der Waals surface area contributed by atoms with Gasteiger partial charge in [0.2, 0.25) is 15.9 Å². The van der Waals surface area contributed by atoms with Gasteiger partial charge in [-0.3, -0.25) is 19.2 Å². The highest BCUT2D eigenvalue weighted by molar-refractivity contribution is 7.89. The summed E-state index contributed by atoms with van der Waals surface area (Å²) in [5.41, 5.74) is -2.98. The molecule has 2 fully saturated rings. The average molecular weight is 659 g/mol. The van der Waals surface area contributed by atoms with E-state index in [2.05, 4.69) is 17.2 Å². The molecule has 3 amide bonds. The summed E-state index contributed by atoms with van der Waals surface area (Å²) in [5, 5.41) is 19.3. The molecule has 12 nitrogen and oxygen atoms in total. The largest absolute Gasteiger partial charge is 0.488 e. The normalized spacial score (nSPS) is 24.8. The van der Waals surface area contributed by atoms with Crippen LogP contribution in [0.25, 0.3) is 10.8 Å². The molecule has 1 heterocycles. The second kappa shape index (κ2) is 12.8. The topological polar surface area (TPSA) is 163 Å². The number of aliphatic hydroxyl groups excluding tert-OH is 1. The van der Waals surface area contributed by atoms with Crippen molar-refractivity contribution in [3.63, 3.8) is 0 Å². The summed E-state index contributed by atoms with van der Waals surface area (Å²) >= 11 is 0. The van der Waals surface area contributed by atoms with Crippen LogP contribution < -0.4 is 20.1 Å². The number of rotatable bonds is 10. The van der Waals surface area contributed by atoms with E-state index in [1.807, 2.05) is 68.0 Å². The van der Waals surface area contributed by atoms with Crippen molar-refractivity contribution in [2.45, 2.75) is 89.9 Å². The summed E-state index contributed by atoms with van der Waals surface area (Å²) in [5.74, 6) is -1.34. The third-order valence-electron chi connectivity index (χ3n) is 8.22. The fourth-order valence-corrected chi connectivity index (χ4v) is 6.41. The number of benzene rings is 2. The molecule has 252 valence electrons. The van der Waals surface area contributed by atoms with Crippen LogP contribution in [0.2, 0.25) is 0 Å². The van der Waals surface area contributed by atoms with E-state index in [0.29, 0.717) is 5.75 Å². The van der Waals surface area contributed by atoms with Gasteiger partial charge in [-0.2, -0.15) is 0 Å². The molecule has 1 saturated heterocycles. The van der Waals surface area contributed by atoms with Crippen molar-refractivity contribution in [2.75, 3.05) is 12.8 Å². The monoisotopic (exact) mass is 658 g/mol. The smallest absolute Gasteiger partial charge is 0.408 e. The van der Waals surface area contributed by atoms with Crippen molar-refractivity contribution < 1.29 is 37.4 Å². The second-order valence-electron chi connectivity index (χ2n) is 14.3. The van der Waals surface area contributed by atoms with Gasteiger partial charge in [0.1, 0.15) is 29.2 Å². The molecule has 2 aromatic rings. The van der Waals surface area contributed by atoms with Crippen LogP contribution in [0.3, 0.4) is 0 Å². The minimum atomic E-state index is -3.90. The first-order chi connectivity index (χ1) is 21.2. The first kappa shape index (κ1) is 35.2. The number of sulfonamides is 1. The Morgan fingerprint density at radius 3 is 2.33 bits per heavy atom. The molecular weight excluding hydrogens is 612 g/mol. The van der Waals surface area contributed by atoms with Crippen molar-refractivity contribution in [1.82, 2.24) is 20.3 Å². The van der Waals surface area contributed by atoms with Crippen LogP contribution in [0, 0.1) is 11.3 Å². The number of aliphatic hydroxyl groups is 1. The zero-order chi connectivity index (χ0) is 34.2. The Kier molecular flexibility index (Phi) is 9.82. The standard InChI is InChI=1S/C33H46N4O8S/c1-9-21-18-33(21,29(40)36-46(8,42)43)35-27(38)24-17-22(44-25-16-12-14-20-13-10-11-15-23(20)25)19-37(24)28(39)26(31(2,3)4)34-30(41)45-32(5,6)7/h9-16,21-22,24,26,28,39H,1,17-19H2,2-8H3,(H,34,41)(H,35,38)(H,36,40). The van der Waals surface area contributed by atoms with E-state index in [-0.39, 0.29) is 19.4 Å². The number of amides is 3. The zero-order valence-corrected chi connectivity index (χ0v) is 28.3. The Hall–Kier alpha value is -3.68. The molecule has 6 atom stereocenters. The number of likely N-dealkylation sites (tertiary alicyclic amines) is 1. The summed E-state index contributed by atoms with van der Waals surface area (Å²) < 4.78 is 37.6. The highest BCUT2D eigenvalue weighted by Crippen LogP contribution is 2.45. The van der Waals surface area contributed by atoms with E-state index in [0.717, 1.165) is 17.0 Å². The average Bonchev–Trinajstić information content (AvgIpc) is 3.48. The van der Waals surface area contributed by atoms with Crippen molar-refractivity contribution in [3.8, 4) is 5.75 Å². The molecule has 4 rings (SSSR count). The first-order valence-electron chi connectivity index (χ1n) is 15.3. The van der Waals surface area contributed by atoms with Crippen molar-refractivity contribution in [2.24, 2.45) is 11.3 Å². The summed E-state index contributed by atoms with van der Waals surface area (Å²) in [6, 6.07) is 11.5. The molecule has 6 unspecified atom stereocenters. The molecule has 0 spiro atoms. The Balaban J connectivity index is 1.66. The van der Waals surface area contributed by atoms with Crippen molar-refractivity contribution in [1.29, 1.82) is 0 Å². The van der Waals surface area contributed by atoms with E-state index in [9.17, 15) is 27.9 Å². The van der Waals surface area contributed by atoms with Crippen LogP contribution in [0.1, 0.15) is 54.4 Å². The Bertz CT molecular complexity index is 1590. The molecule has 0 bridgehead atoms. The Labute approximate surface area is 270 Å². The lowest BCUT2D eigenvalue weighted by Gasteiger charge is -2.40. The number of nitrogens with one attached hydrogen (secondary N) is 3. The lowest BCUT2D eigenvalue weighted by molar-refractivity contribution is -0.136. The lowest BCUT2D eigenvalue weighted by atomic mass is 9.85. The predicted molar refractivity (Wildman–Crippen MR) is 174 cm³/mol. The van der Waals surface area contributed by atoms with E-state index in [1.165, 1.54) is 6.08 Å². The highest BCUT2D eigenvalue weighted by Gasteiger charge is 2.61. The van der Waals surface area contributed by atoms with Gasteiger partial charge in [-0.25, -0.2) is 13.2 Å². The van der Waals surface area contributed by atoms with Gasteiger partial charge in [0.05, 0.1) is 18.3 Å². The molecule has 0 radical (unpaired) electrons. The maximum absolute atomic E-state index is 14.0. The van der Waals surface area contributed by atoms with Crippen LogP contribution in [-0.4, -0.2) is 84.7 Å². The predicted octanol–water partition coefficient (Wildman–Crippen LogP) is 3.06. The third kappa shape index (κ3) is 8.18. The van der Waals surface area contributed by atoms with E-state index < -0.39 is 74.8 Å². The minimum Gasteiger partial charge on any atom is -0.488 e. The van der Waals surface area contributed by atoms with Crippen LogP contribution >= 0.6 is 0 Å². The summed E-state index contributed by atoms with van der Waals surface area (Å²) in [6.07, 6.45) is 0.000219. The van der Waals surface area contributed by atoms with Crippen molar-refractivity contribution in [3.05, 3.63) is 55.1 Å². The van der Waals surface area contributed by atoms with Gasteiger partial charge >= 0.3 is 6.09 Å². The number of hydrogen-bond acceptors (Lipinski definition) is 9. The van der Waals surface area contributed by atoms with E-state index in [1.54, 1.807) is 25.7 Å². The van der Waals surface area contributed by atoms with Gasteiger partial charge in [-0.15, -0.1) is 6.58 Å².